The Labute approximate surface area is 163 Å². The van der Waals surface area contributed by atoms with Crippen LogP contribution in [0.5, 0.6) is 0 Å². The van der Waals surface area contributed by atoms with Gasteiger partial charge in [-0.05, 0) is 81.6 Å². The molecule has 148 valence electrons. The van der Waals surface area contributed by atoms with E-state index >= 15 is 0 Å². The van der Waals surface area contributed by atoms with Gasteiger partial charge < -0.3 is 16.0 Å². The van der Waals surface area contributed by atoms with Crippen molar-refractivity contribution in [2.45, 2.75) is 64.3 Å². The van der Waals surface area contributed by atoms with Gasteiger partial charge in [0.1, 0.15) is 6.04 Å². The molecule has 2 amide bonds. The van der Waals surface area contributed by atoms with Crippen LogP contribution in [0.25, 0.3) is 0 Å². The van der Waals surface area contributed by atoms with Crippen molar-refractivity contribution in [2.24, 2.45) is 34.8 Å². The summed E-state index contributed by atoms with van der Waals surface area (Å²) in [6.07, 6.45) is 9.00. The lowest BCUT2D eigenvalue weighted by Crippen LogP contribution is -2.57. The molecule has 5 nitrogen and oxygen atoms in total. The highest BCUT2D eigenvalue weighted by molar-refractivity contribution is 5.91. The first kappa shape index (κ1) is 19.9. The summed E-state index contributed by atoms with van der Waals surface area (Å²) in [5, 5.41) is 3.02. The Kier molecular flexibility index (Phi) is 5.88. The molecule has 1 saturated heterocycles. The van der Waals surface area contributed by atoms with Gasteiger partial charge in [-0.3, -0.25) is 9.59 Å². The van der Waals surface area contributed by atoms with E-state index in [0.29, 0.717) is 19.0 Å². The molecule has 5 rings (SSSR count). The molecule has 1 aliphatic heterocycles. The molecule has 1 heterocycles. The number of nitrogens with two attached hydrogens (primary N) is 1. The van der Waals surface area contributed by atoms with Gasteiger partial charge in [0.15, 0.2) is 0 Å². The predicted octanol–water partition coefficient (Wildman–Crippen LogP) is 2.33. The van der Waals surface area contributed by atoms with Crippen molar-refractivity contribution >= 4 is 24.2 Å². The van der Waals surface area contributed by atoms with Gasteiger partial charge in [-0.1, -0.05) is 6.92 Å². The second-order valence-electron chi connectivity index (χ2n) is 9.44. The third kappa shape index (κ3) is 3.49. The molecule has 4 aliphatic carbocycles. The van der Waals surface area contributed by atoms with Gasteiger partial charge in [0.05, 0.1) is 5.41 Å². The van der Waals surface area contributed by atoms with Crippen LogP contribution < -0.4 is 11.1 Å². The van der Waals surface area contributed by atoms with Crippen molar-refractivity contribution < 1.29 is 9.59 Å². The number of hydrogen-bond acceptors (Lipinski definition) is 3. The third-order valence-corrected chi connectivity index (χ3v) is 7.34. The van der Waals surface area contributed by atoms with Crippen LogP contribution in [-0.4, -0.2) is 42.4 Å². The highest BCUT2D eigenvalue weighted by Gasteiger charge is 2.56. The van der Waals surface area contributed by atoms with E-state index in [1.165, 1.54) is 19.3 Å². The van der Waals surface area contributed by atoms with Gasteiger partial charge in [-0.2, -0.15) is 0 Å². The van der Waals surface area contributed by atoms with E-state index in [0.717, 1.165) is 56.4 Å². The lowest BCUT2D eigenvalue weighted by Gasteiger charge is -2.56. The van der Waals surface area contributed by atoms with Crippen molar-refractivity contribution in [1.82, 2.24) is 10.2 Å². The van der Waals surface area contributed by atoms with Crippen LogP contribution in [0.2, 0.25) is 0 Å². The van der Waals surface area contributed by atoms with E-state index in [-0.39, 0.29) is 35.7 Å². The normalized spacial score (nSPS) is 38.8. The third-order valence-electron chi connectivity index (χ3n) is 7.34. The minimum atomic E-state index is -0.259. The first-order chi connectivity index (χ1) is 12.0. The van der Waals surface area contributed by atoms with Gasteiger partial charge in [0.2, 0.25) is 11.8 Å². The molecule has 26 heavy (non-hydrogen) atoms. The maximum Gasteiger partial charge on any atom is 0.242 e. The predicted molar refractivity (Wildman–Crippen MR) is 104 cm³/mol. The van der Waals surface area contributed by atoms with Crippen LogP contribution in [0.1, 0.15) is 58.3 Å². The number of carbonyl (C=O) groups excluding carboxylic acids is 2. The van der Waals surface area contributed by atoms with E-state index in [9.17, 15) is 9.59 Å². The largest absolute Gasteiger partial charge is 0.354 e. The summed E-state index contributed by atoms with van der Waals surface area (Å²) in [6.45, 7) is 3.96. The lowest BCUT2D eigenvalue weighted by atomic mass is 9.49. The number of likely N-dealkylation sites (tertiary alicyclic amines) is 1. The average molecular weight is 384 g/mol. The molecule has 0 aromatic rings. The first-order valence-corrected chi connectivity index (χ1v) is 10.3. The monoisotopic (exact) mass is 383 g/mol. The fraction of sp³-hybridized carbons (Fsp3) is 0.900. The van der Waals surface area contributed by atoms with E-state index < -0.39 is 0 Å². The van der Waals surface area contributed by atoms with Crippen LogP contribution in [0.3, 0.4) is 0 Å². The molecule has 0 aromatic carbocycles. The van der Waals surface area contributed by atoms with Crippen LogP contribution in [-0.2, 0) is 9.59 Å². The van der Waals surface area contributed by atoms with Crippen molar-refractivity contribution in [3.05, 3.63) is 0 Å². The Morgan fingerprint density at radius 1 is 1.15 bits per heavy atom. The minimum absolute atomic E-state index is 0. The van der Waals surface area contributed by atoms with Crippen LogP contribution in [0.4, 0.5) is 0 Å². The van der Waals surface area contributed by atoms with E-state index in [1.54, 1.807) is 0 Å². The summed E-state index contributed by atoms with van der Waals surface area (Å²) in [5.74, 6) is 2.88. The van der Waals surface area contributed by atoms with E-state index in [2.05, 4.69) is 5.32 Å². The Morgan fingerprint density at radius 2 is 1.73 bits per heavy atom. The van der Waals surface area contributed by atoms with Crippen LogP contribution in [0.15, 0.2) is 0 Å². The summed E-state index contributed by atoms with van der Waals surface area (Å²) in [4.78, 5) is 28.1. The number of halogens is 1. The average Bonchev–Trinajstić information content (AvgIpc) is 3.07. The molecule has 6 heteroatoms. The molecule has 2 atom stereocenters. The molecule has 0 aromatic heterocycles. The van der Waals surface area contributed by atoms with Gasteiger partial charge in [0, 0.05) is 13.1 Å². The Balaban J connectivity index is 0.00000196. The zero-order valence-corrected chi connectivity index (χ0v) is 16.7. The van der Waals surface area contributed by atoms with Crippen molar-refractivity contribution in [3.8, 4) is 0 Å². The molecule has 5 fully saturated rings. The summed E-state index contributed by atoms with van der Waals surface area (Å²) >= 11 is 0. The summed E-state index contributed by atoms with van der Waals surface area (Å²) in [7, 11) is 0. The number of carbonyl (C=O) groups is 2. The first-order valence-electron chi connectivity index (χ1n) is 10.3. The number of nitrogens with zero attached hydrogens (tertiary/aromatic N) is 1. The molecule has 4 saturated carbocycles. The van der Waals surface area contributed by atoms with Crippen LogP contribution >= 0.6 is 12.4 Å². The molecular weight excluding hydrogens is 350 g/mol. The molecule has 3 N–H and O–H groups in total. The Hall–Kier alpha value is -0.810. The molecule has 2 unspecified atom stereocenters. The smallest absolute Gasteiger partial charge is 0.242 e. The fourth-order valence-electron chi connectivity index (χ4n) is 6.44. The maximum atomic E-state index is 13.5. The molecular formula is C20H34ClN3O2. The number of amides is 2. The van der Waals surface area contributed by atoms with Gasteiger partial charge in [-0.15, -0.1) is 12.4 Å². The van der Waals surface area contributed by atoms with Gasteiger partial charge in [0.25, 0.3) is 0 Å². The van der Waals surface area contributed by atoms with E-state index in [1.807, 2.05) is 11.8 Å². The van der Waals surface area contributed by atoms with Crippen molar-refractivity contribution in [1.29, 1.82) is 0 Å². The second kappa shape index (κ2) is 7.67. The highest BCUT2D eigenvalue weighted by atomic mass is 35.5. The highest BCUT2D eigenvalue weighted by Crippen LogP contribution is 2.60. The molecule has 4 bridgehead atoms. The van der Waals surface area contributed by atoms with Crippen molar-refractivity contribution in [2.75, 3.05) is 19.6 Å². The van der Waals surface area contributed by atoms with Crippen molar-refractivity contribution in [3.63, 3.8) is 0 Å². The zero-order valence-electron chi connectivity index (χ0n) is 15.9. The fourth-order valence-corrected chi connectivity index (χ4v) is 6.44. The quantitative estimate of drug-likeness (QED) is 0.765. The Bertz CT molecular complexity index is 518. The second-order valence-corrected chi connectivity index (χ2v) is 9.44. The summed E-state index contributed by atoms with van der Waals surface area (Å²) < 4.78 is 0. The standard InChI is InChI=1S/C20H33N3O2.ClH/c1-13(11-21)12-22-18(24)17-3-2-4-23(17)19(25)20-8-14-5-15(9-20)7-16(6-14)10-20;/h13-17H,2-12,21H2,1H3,(H,22,24);1H. The van der Waals surface area contributed by atoms with E-state index in [4.69, 9.17) is 5.73 Å². The summed E-state index contributed by atoms with van der Waals surface area (Å²) in [5.41, 5.74) is 5.50. The topological polar surface area (TPSA) is 75.4 Å². The SMILES string of the molecule is CC(CN)CNC(=O)C1CCCN1C(=O)C12CC3CC(CC(C3)C1)C2.Cl. The number of hydrogen-bond donors (Lipinski definition) is 2. The summed E-state index contributed by atoms with van der Waals surface area (Å²) in [6, 6.07) is -0.259. The zero-order chi connectivity index (χ0) is 17.6. The number of rotatable bonds is 5. The minimum Gasteiger partial charge on any atom is -0.354 e. The van der Waals surface area contributed by atoms with Gasteiger partial charge >= 0.3 is 0 Å². The number of nitrogens with one attached hydrogen (secondary N) is 1. The maximum absolute atomic E-state index is 13.5. The van der Waals surface area contributed by atoms with Crippen LogP contribution in [0, 0.1) is 29.1 Å². The van der Waals surface area contributed by atoms with Gasteiger partial charge in [-0.25, -0.2) is 0 Å². The Morgan fingerprint density at radius 3 is 2.27 bits per heavy atom. The molecule has 0 radical (unpaired) electrons. The molecule has 0 spiro atoms. The lowest BCUT2D eigenvalue weighted by molar-refractivity contribution is -0.160. The molecule has 5 aliphatic rings.